The second-order valence-electron chi connectivity index (χ2n) is 8.58. The topological polar surface area (TPSA) is 74.6 Å². The first-order valence-corrected chi connectivity index (χ1v) is 10.8. The van der Waals surface area contributed by atoms with Gasteiger partial charge in [-0.05, 0) is 55.7 Å². The standard InChI is InChI=1S/C25H32O4/c1-17-14-24(27)22(10-4-2-3-5-11-25(28)29)21(17)12-13-23(26)20-15-18-8-6-7-9-19(18)16-20/h6-9,12-14,20-23,26H,2-5,10-11,15-16H2,1H3,(H,28,29)/b13-12+/t21-,22+,23+/m0/s1. The fraction of sp³-hybridized carbons (Fsp3) is 0.520. The van der Waals surface area contributed by atoms with Crippen LogP contribution in [0.2, 0.25) is 0 Å². The molecule has 0 heterocycles. The van der Waals surface area contributed by atoms with E-state index in [9.17, 15) is 14.7 Å². The van der Waals surface area contributed by atoms with E-state index in [1.165, 1.54) is 11.1 Å². The van der Waals surface area contributed by atoms with Crippen molar-refractivity contribution in [3.63, 3.8) is 0 Å². The Bertz CT molecular complexity index is 767. The zero-order chi connectivity index (χ0) is 20.8. The highest BCUT2D eigenvalue weighted by Crippen LogP contribution is 2.35. The number of aliphatic hydroxyl groups excluding tert-OH is 1. The predicted octanol–water partition coefficient (Wildman–Crippen LogP) is 4.51. The maximum atomic E-state index is 12.4. The van der Waals surface area contributed by atoms with Crippen LogP contribution in [0.5, 0.6) is 0 Å². The third-order valence-electron chi connectivity index (χ3n) is 6.43. The number of aliphatic carboxylic acids is 1. The number of carboxylic acid groups (broad SMARTS) is 1. The largest absolute Gasteiger partial charge is 0.481 e. The van der Waals surface area contributed by atoms with Crippen molar-refractivity contribution in [2.75, 3.05) is 0 Å². The lowest BCUT2D eigenvalue weighted by atomic mass is 9.85. The summed E-state index contributed by atoms with van der Waals surface area (Å²) in [4.78, 5) is 23.0. The lowest BCUT2D eigenvalue weighted by Gasteiger charge is -2.19. The van der Waals surface area contributed by atoms with Crippen molar-refractivity contribution in [1.29, 1.82) is 0 Å². The van der Waals surface area contributed by atoms with Crippen LogP contribution in [-0.4, -0.2) is 28.1 Å². The molecule has 0 aliphatic heterocycles. The Morgan fingerprint density at radius 3 is 2.45 bits per heavy atom. The first-order chi connectivity index (χ1) is 14.0. The van der Waals surface area contributed by atoms with Gasteiger partial charge >= 0.3 is 5.97 Å². The minimum Gasteiger partial charge on any atom is -0.481 e. The number of benzene rings is 1. The number of carbonyl (C=O) groups excluding carboxylic acids is 1. The normalized spacial score (nSPS) is 22.8. The Balaban J connectivity index is 1.50. The zero-order valence-corrected chi connectivity index (χ0v) is 17.2. The van der Waals surface area contributed by atoms with Crippen LogP contribution in [0.3, 0.4) is 0 Å². The first-order valence-electron chi connectivity index (χ1n) is 10.8. The summed E-state index contributed by atoms with van der Waals surface area (Å²) in [7, 11) is 0. The van der Waals surface area contributed by atoms with E-state index in [-0.39, 0.29) is 30.0 Å². The van der Waals surface area contributed by atoms with Crippen molar-refractivity contribution < 1.29 is 19.8 Å². The summed E-state index contributed by atoms with van der Waals surface area (Å²) in [6.07, 6.45) is 11.5. The molecule has 0 saturated carbocycles. The average molecular weight is 397 g/mol. The molecule has 0 spiro atoms. The van der Waals surface area contributed by atoms with E-state index in [0.29, 0.717) is 6.42 Å². The number of hydrogen-bond acceptors (Lipinski definition) is 3. The molecule has 156 valence electrons. The van der Waals surface area contributed by atoms with Crippen LogP contribution >= 0.6 is 0 Å². The van der Waals surface area contributed by atoms with E-state index in [4.69, 9.17) is 5.11 Å². The number of ketones is 1. The number of allylic oxidation sites excluding steroid dienone is 3. The summed E-state index contributed by atoms with van der Waals surface area (Å²) < 4.78 is 0. The van der Waals surface area contributed by atoms with Crippen LogP contribution < -0.4 is 0 Å². The number of aliphatic hydroxyl groups is 1. The molecule has 2 aliphatic rings. The van der Waals surface area contributed by atoms with E-state index >= 15 is 0 Å². The molecule has 0 unspecified atom stereocenters. The molecule has 4 heteroatoms. The molecule has 3 rings (SSSR count). The molecule has 0 radical (unpaired) electrons. The van der Waals surface area contributed by atoms with Gasteiger partial charge in [0, 0.05) is 18.3 Å². The van der Waals surface area contributed by atoms with Gasteiger partial charge in [0.2, 0.25) is 0 Å². The summed E-state index contributed by atoms with van der Waals surface area (Å²) in [6, 6.07) is 8.38. The minimum atomic E-state index is -0.745. The Morgan fingerprint density at radius 2 is 1.79 bits per heavy atom. The first kappa shape index (κ1) is 21.5. The van der Waals surface area contributed by atoms with E-state index in [0.717, 1.165) is 44.1 Å². The number of carboxylic acids is 1. The smallest absolute Gasteiger partial charge is 0.303 e. The van der Waals surface area contributed by atoms with Crippen LogP contribution in [0.1, 0.15) is 56.6 Å². The third kappa shape index (κ3) is 5.66. The van der Waals surface area contributed by atoms with Gasteiger partial charge in [-0.15, -0.1) is 0 Å². The predicted molar refractivity (Wildman–Crippen MR) is 114 cm³/mol. The summed E-state index contributed by atoms with van der Waals surface area (Å²) in [5.41, 5.74) is 3.74. The van der Waals surface area contributed by atoms with Gasteiger partial charge in [0.1, 0.15) is 0 Å². The van der Waals surface area contributed by atoms with Gasteiger partial charge in [-0.3, -0.25) is 9.59 Å². The third-order valence-corrected chi connectivity index (χ3v) is 6.43. The molecule has 2 aliphatic carbocycles. The molecule has 1 aromatic carbocycles. The van der Waals surface area contributed by atoms with Gasteiger partial charge in [-0.2, -0.15) is 0 Å². The lowest BCUT2D eigenvalue weighted by Crippen LogP contribution is -2.20. The number of hydrogen-bond donors (Lipinski definition) is 2. The quantitative estimate of drug-likeness (QED) is 0.451. The second-order valence-corrected chi connectivity index (χ2v) is 8.58. The average Bonchev–Trinajstić information content (AvgIpc) is 3.23. The molecule has 0 bridgehead atoms. The number of rotatable bonds is 10. The van der Waals surface area contributed by atoms with Crippen molar-refractivity contribution in [2.45, 2.75) is 64.4 Å². The molecule has 4 nitrogen and oxygen atoms in total. The molecule has 1 aromatic rings. The van der Waals surface area contributed by atoms with Gasteiger partial charge in [0.05, 0.1) is 6.10 Å². The van der Waals surface area contributed by atoms with Crippen molar-refractivity contribution in [1.82, 2.24) is 0 Å². The summed E-state index contributed by atoms with van der Waals surface area (Å²) in [6.45, 7) is 2.00. The Hall–Kier alpha value is -2.20. The molecule has 29 heavy (non-hydrogen) atoms. The highest BCUT2D eigenvalue weighted by Gasteiger charge is 2.32. The van der Waals surface area contributed by atoms with Crippen molar-refractivity contribution in [2.24, 2.45) is 17.8 Å². The fourth-order valence-corrected chi connectivity index (χ4v) is 4.75. The van der Waals surface area contributed by atoms with Gasteiger partial charge in [0.25, 0.3) is 0 Å². The zero-order valence-electron chi connectivity index (χ0n) is 17.2. The van der Waals surface area contributed by atoms with Crippen molar-refractivity contribution in [3.05, 3.63) is 59.2 Å². The highest BCUT2D eigenvalue weighted by atomic mass is 16.4. The number of unbranched alkanes of at least 4 members (excludes halogenated alkanes) is 3. The second kappa shape index (κ2) is 10.0. The van der Waals surface area contributed by atoms with Crippen molar-refractivity contribution in [3.8, 4) is 0 Å². The van der Waals surface area contributed by atoms with E-state index < -0.39 is 12.1 Å². The number of fused-ring (bicyclic) bond motifs is 1. The van der Waals surface area contributed by atoms with E-state index in [2.05, 4.69) is 12.1 Å². The lowest BCUT2D eigenvalue weighted by molar-refractivity contribution is -0.137. The van der Waals surface area contributed by atoms with Gasteiger partial charge in [-0.1, -0.05) is 61.3 Å². The summed E-state index contributed by atoms with van der Waals surface area (Å²) >= 11 is 0. The Morgan fingerprint density at radius 1 is 1.14 bits per heavy atom. The highest BCUT2D eigenvalue weighted by molar-refractivity contribution is 5.95. The summed E-state index contributed by atoms with van der Waals surface area (Å²) in [5.74, 6) is -0.327. The molecule has 2 N–H and O–H groups in total. The van der Waals surface area contributed by atoms with Crippen molar-refractivity contribution >= 4 is 11.8 Å². The van der Waals surface area contributed by atoms with Crippen LogP contribution in [0.4, 0.5) is 0 Å². The molecule has 0 amide bonds. The summed E-state index contributed by atoms with van der Waals surface area (Å²) in [5, 5.41) is 19.4. The Kier molecular flexibility index (Phi) is 7.43. The van der Waals surface area contributed by atoms with Gasteiger partial charge in [0.15, 0.2) is 5.78 Å². The molecule has 0 saturated heterocycles. The Labute approximate surface area is 173 Å². The van der Waals surface area contributed by atoms with Crippen LogP contribution in [-0.2, 0) is 22.4 Å². The molecular weight excluding hydrogens is 364 g/mol. The number of carbonyl (C=O) groups is 2. The van der Waals surface area contributed by atoms with Gasteiger partial charge < -0.3 is 10.2 Å². The van der Waals surface area contributed by atoms with Crippen LogP contribution in [0, 0.1) is 17.8 Å². The van der Waals surface area contributed by atoms with E-state index in [1.807, 2.05) is 31.2 Å². The van der Waals surface area contributed by atoms with Gasteiger partial charge in [-0.25, -0.2) is 0 Å². The molecule has 0 aromatic heterocycles. The van der Waals surface area contributed by atoms with E-state index in [1.54, 1.807) is 6.08 Å². The molecular formula is C25H32O4. The molecule has 3 atom stereocenters. The molecule has 0 fully saturated rings. The maximum Gasteiger partial charge on any atom is 0.303 e. The minimum absolute atomic E-state index is 0.0429. The van der Waals surface area contributed by atoms with Crippen LogP contribution in [0.25, 0.3) is 0 Å². The monoisotopic (exact) mass is 396 g/mol. The van der Waals surface area contributed by atoms with Crippen LogP contribution in [0.15, 0.2) is 48.1 Å². The fourth-order valence-electron chi connectivity index (χ4n) is 4.75. The maximum absolute atomic E-state index is 12.4. The SMILES string of the molecule is CC1=CC(=O)[C@H](CCCCCCC(=O)O)[C@H]1/C=C/[C@@H](O)C1Cc2ccccc2C1.